The molecule has 122 valence electrons. The van der Waals surface area contributed by atoms with Gasteiger partial charge in [0.1, 0.15) is 0 Å². The van der Waals surface area contributed by atoms with Gasteiger partial charge in [0, 0.05) is 24.2 Å². The first kappa shape index (κ1) is 17.2. The first-order chi connectivity index (χ1) is 11.0. The molecular formula is C20H25NO2. The first-order valence-corrected chi connectivity index (χ1v) is 8.23. The number of allylic oxidation sites excluding steroid dienone is 3. The SMILES string of the molecule is C/C(=C\C=C(/C)C(=O)N1CCCC(C)C1)C(=O)c1ccccc1. The maximum atomic E-state index is 12.4. The van der Waals surface area contributed by atoms with Gasteiger partial charge in [-0.3, -0.25) is 9.59 Å². The van der Waals surface area contributed by atoms with Gasteiger partial charge in [-0.05, 0) is 38.2 Å². The van der Waals surface area contributed by atoms with Crippen LogP contribution in [-0.2, 0) is 4.79 Å². The Labute approximate surface area is 138 Å². The van der Waals surface area contributed by atoms with E-state index in [4.69, 9.17) is 0 Å². The van der Waals surface area contributed by atoms with Crippen molar-refractivity contribution in [3.63, 3.8) is 0 Å². The molecule has 23 heavy (non-hydrogen) atoms. The number of ketones is 1. The van der Waals surface area contributed by atoms with E-state index in [0.717, 1.165) is 19.5 Å². The Bertz CT molecular complexity index is 628. The number of amides is 1. The lowest BCUT2D eigenvalue weighted by atomic mass is 9.99. The van der Waals surface area contributed by atoms with Crippen molar-refractivity contribution in [2.75, 3.05) is 13.1 Å². The minimum absolute atomic E-state index is 0.00584. The molecule has 0 radical (unpaired) electrons. The zero-order chi connectivity index (χ0) is 16.8. The van der Waals surface area contributed by atoms with Gasteiger partial charge in [-0.2, -0.15) is 0 Å². The Balaban J connectivity index is 2.05. The summed E-state index contributed by atoms with van der Waals surface area (Å²) in [6.45, 7) is 7.45. The van der Waals surface area contributed by atoms with Crippen molar-refractivity contribution in [3.8, 4) is 0 Å². The number of Topliss-reactive ketones (excluding diaryl/α,β-unsaturated/α-hetero) is 1. The summed E-state index contributed by atoms with van der Waals surface area (Å²) in [5.74, 6) is 0.638. The van der Waals surface area contributed by atoms with Crippen LogP contribution in [-0.4, -0.2) is 29.7 Å². The van der Waals surface area contributed by atoms with E-state index in [1.807, 2.05) is 30.0 Å². The van der Waals surface area contributed by atoms with E-state index in [1.54, 1.807) is 31.2 Å². The molecular weight excluding hydrogens is 286 g/mol. The summed E-state index contributed by atoms with van der Waals surface area (Å²) in [7, 11) is 0. The number of hydrogen-bond donors (Lipinski definition) is 0. The van der Waals surface area contributed by atoms with Gasteiger partial charge < -0.3 is 4.90 Å². The van der Waals surface area contributed by atoms with Crippen LogP contribution in [0.15, 0.2) is 53.6 Å². The topological polar surface area (TPSA) is 37.4 Å². The molecule has 0 spiro atoms. The fraction of sp³-hybridized carbons (Fsp3) is 0.400. The molecule has 1 aromatic rings. The number of carbonyl (C=O) groups excluding carboxylic acids is 2. The van der Waals surface area contributed by atoms with E-state index in [0.29, 0.717) is 22.6 Å². The smallest absolute Gasteiger partial charge is 0.249 e. The second-order valence-electron chi connectivity index (χ2n) is 6.39. The molecule has 1 atom stereocenters. The monoisotopic (exact) mass is 311 g/mol. The summed E-state index contributed by atoms with van der Waals surface area (Å²) >= 11 is 0. The lowest BCUT2D eigenvalue weighted by Crippen LogP contribution is -2.39. The minimum atomic E-state index is -0.00584. The van der Waals surface area contributed by atoms with Crippen molar-refractivity contribution in [2.24, 2.45) is 5.92 Å². The van der Waals surface area contributed by atoms with Crippen molar-refractivity contribution in [2.45, 2.75) is 33.6 Å². The van der Waals surface area contributed by atoms with Crippen LogP contribution in [0.5, 0.6) is 0 Å². The lowest BCUT2D eigenvalue weighted by molar-refractivity contribution is -0.128. The zero-order valence-corrected chi connectivity index (χ0v) is 14.2. The number of rotatable bonds is 4. The maximum absolute atomic E-state index is 12.4. The van der Waals surface area contributed by atoms with E-state index < -0.39 is 0 Å². The molecule has 2 rings (SSSR count). The van der Waals surface area contributed by atoms with Gasteiger partial charge in [0.15, 0.2) is 5.78 Å². The summed E-state index contributed by atoms with van der Waals surface area (Å²) in [6, 6.07) is 9.19. The molecule has 1 aliphatic heterocycles. The van der Waals surface area contributed by atoms with Gasteiger partial charge in [-0.25, -0.2) is 0 Å². The predicted molar refractivity (Wildman–Crippen MR) is 93.3 cm³/mol. The van der Waals surface area contributed by atoms with Crippen LogP contribution in [0.4, 0.5) is 0 Å². The second-order valence-corrected chi connectivity index (χ2v) is 6.39. The Morgan fingerprint density at radius 2 is 1.74 bits per heavy atom. The molecule has 0 bridgehead atoms. The van der Waals surface area contributed by atoms with Gasteiger partial charge in [0.25, 0.3) is 0 Å². The summed E-state index contributed by atoms with van der Waals surface area (Å²) in [6.07, 6.45) is 5.77. The van der Waals surface area contributed by atoms with Crippen LogP contribution < -0.4 is 0 Å². The fourth-order valence-corrected chi connectivity index (χ4v) is 2.84. The third-order valence-electron chi connectivity index (χ3n) is 4.26. The van der Waals surface area contributed by atoms with Crippen molar-refractivity contribution in [1.82, 2.24) is 4.90 Å². The molecule has 0 aliphatic carbocycles. The van der Waals surface area contributed by atoms with Crippen LogP contribution >= 0.6 is 0 Å². The molecule has 1 saturated heterocycles. The van der Waals surface area contributed by atoms with Crippen molar-refractivity contribution >= 4 is 11.7 Å². The molecule has 0 saturated carbocycles. The Hall–Kier alpha value is -2.16. The van der Waals surface area contributed by atoms with E-state index >= 15 is 0 Å². The Morgan fingerprint density at radius 1 is 1.09 bits per heavy atom. The average Bonchev–Trinajstić information content (AvgIpc) is 2.58. The lowest BCUT2D eigenvalue weighted by Gasteiger charge is -2.31. The molecule has 1 heterocycles. The fourth-order valence-electron chi connectivity index (χ4n) is 2.84. The summed E-state index contributed by atoms with van der Waals surface area (Å²) in [5.41, 5.74) is 1.98. The molecule has 1 amide bonds. The standard InChI is InChI=1S/C20H25NO2/c1-15-8-7-13-21(14-15)20(23)17(3)12-11-16(2)19(22)18-9-5-4-6-10-18/h4-6,9-12,15H,7-8,13-14H2,1-3H3/b16-11+,17-12+. The van der Waals surface area contributed by atoms with Gasteiger partial charge in [-0.15, -0.1) is 0 Å². The third kappa shape index (κ3) is 4.65. The number of piperidine rings is 1. The predicted octanol–water partition coefficient (Wildman–Crippen LogP) is 4.02. The first-order valence-electron chi connectivity index (χ1n) is 8.23. The van der Waals surface area contributed by atoms with Gasteiger partial charge >= 0.3 is 0 Å². The normalized spacial score (nSPS) is 19.6. The van der Waals surface area contributed by atoms with Crippen molar-refractivity contribution < 1.29 is 9.59 Å². The van der Waals surface area contributed by atoms with E-state index in [9.17, 15) is 9.59 Å². The molecule has 1 unspecified atom stereocenters. The van der Waals surface area contributed by atoms with Gasteiger partial charge in [-0.1, -0.05) is 49.4 Å². The number of benzene rings is 1. The average molecular weight is 311 g/mol. The summed E-state index contributed by atoms with van der Waals surface area (Å²) < 4.78 is 0. The van der Waals surface area contributed by atoms with Crippen molar-refractivity contribution in [1.29, 1.82) is 0 Å². The molecule has 3 nitrogen and oxygen atoms in total. The number of likely N-dealkylation sites (tertiary alicyclic amines) is 1. The highest BCUT2D eigenvalue weighted by atomic mass is 16.2. The molecule has 1 aliphatic rings. The number of nitrogens with zero attached hydrogens (tertiary/aromatic N) is 1. The maximum Gasteiger partial charge on any atom is 0.249 e. The quantitative estimate of drug-likeness (QED) is 0.478. The van der Waals surface area contributed by atoms with E-state index in [2.05, 4.69) is 6.92 Å². The van der Waals surface area contributed by atoms with Crippen LogP contribution in [0.25, 0.3) is 0 Å². The second kappa shape index (κ2) is 7.91. The molecule has 0 aromatic heterocycles. The summed E-state index contributed by atoms with van der Waals surface area (Å²) in [4.78, 5) is 26.6. The van der Waals surface area contributed by atoms with Crippen LogP contribution in [0.2, 0.25) is 0 Å². The largest absolute Gasteiger partial charge is 0.339 e. The highest BCUT2D eigenvalue weighted by Crippen LogP contribution is 2.17. The Kier molecular flexibility index (Phi) is 5.91. The highest BCUT2D eigenvalue weighted by Gasteiger charge is 2.21. The van der Waals surface area contributed by atoms with Crippen LogP contribution in [0, 0.1) is 5.92 Å². The number of carbonyl (C=O) groups is 2. The van der Waals surface area contributed by atoms with Crippen LogP contribution in [0.1, 0.15) is 44.0 Å². The highest BCUT2D eigenvalue weighted by molar-refractivity contribution is 6.08. The third-order valence-corrected chi connectivity index (χ3v) is 4.26. The summed E-state index contributed by atoms with van der Waals surface area (Å²) in [5, 5.41) is 0. The molecule has 1 fully saturated rings. The Morgan fingerprint density at radius 3 is 2.39 bits per heavy atom. The van der Waals surface area contributed by atoms with E-state index in [1.165, 1.54) is 6.42 Å². The number of hydrogen-bond acceptors (Lipinski definition) is 2. The zero-order valence-electron chi connectivity index (χ0n) is 14.2. The van der Waals surface area contributed by atoms with E-state index in [-0.39, 0.29) is 11.7 Å². The molecule has 3 heteroatoms. The molecule has 1 aromatic carbocycles. The molecule has 0 N–H and O–H groups in total. The van der Waals surface area contributed by atoms with Crippen molar-refractivity contribution in [3.05, 3.63) is 59.2 Å². The van der Waals surface area contributed by atoms with Gasteiger partial charge in [0.05, 0.1) is 0 Å². The minimum Gasteiger partial charge on any atom is -0.339 e. The van der Waals surface area contributed by atoms with Crippen LogP contribution in [0.3, 0.4) is 0 Å². The van der Waals surface area contributed by atoms with Gasteiger partial charge in [0.2, 0.25) is 5.91 Å².